The summed E-state index contributed by atoms with van der Waals surface area (Å²) in [7, 11) is 0. The number of alkyl halides is 1. The highest BCUT2D eigenvalue weighted by atomic mass is 19.1. The van der Waals surface area contributed by atoms with Gasteiger partial charge < -0.3 is 10.2 Å². The number of carbonyl (C=O) groups is 1. The van der Waals surface area contributed by atoms with Gasteiger partial charge in [-0.3, -0.25) is 9.78 Å². The van der Waals surface area contributed by atoms with E-state index >= 15 is 4.39 Å². The molecule has 0 saturated carbocycles. The fourth-order valence-electron chi connectivity index (χ4n) is 3.60. The van der Waals surface area contributed by atoms with Gasteiger partial charge in [-0.1, -0.05) is 0 Å². The zero-order valence-corrected chi connectivity index (χ0v) is 13.9. The molecule has 1 aliphatic heterocycles. The maximum atomic E-state index is 15.2. The highest BCUT2D eigenvalue weighted by molar-refractivity contribution is 5.98. The van der Waals surface area contributed by atoms with Crippen LogP contribution in [-0.4, -0.2) is 39.6 Å². The maximum absolute atomic E-state index is 15.2. The van der Waals surface area contributed by atoms with Crippen LogP contribution in [0.3, 0.4) is 0 Å². The monoisotopic (exact) mass is 341 g/mol. The molecule has 1 amide bonds. The van der Waals surface area contributed by atoms with Crippen molar-refractivity contribution in [1.29, 1.82) is 0 Å². The van der Waals surface area contributed by atoms with E-state index < -0.39 is 11.6 Å². The van der Waals surface area contributed by atoms with Gasteiger partial charge in [0, 0.05) is 30.4 Å². The number of rotatable bonds is 3. The Morgan fingerprint density at radius 2 is 2.16 bits per heavy atom. The molecular formula is C18H20FN5O. The predicted molar refractivity (Wildman–Crippen MR) is 92.2 cm³/mol. The molecule has 1 N–H and O–H groups in total. The fourth-order valence-corrected chi connectivity index (χ4v) is 3.60. The number of hydrogen-bond donors (Lipinski definition) is 1. The van der Waals surface area contributed by atoms with E-state index in [1.54, 1.807) is 24.7 Å². The highest BCUT2D eigenvalue weighted by Gasteiger charge is 2.46. The molecule has 2 aliphatic rings. The summed E-state index contributed by atoms with van der Waals surface area (Å²) in [5.74, 6) is 0.171. The summed E-state index contributed by atoms with van der Waals surface area (Å²) in [5.41, 5.74) is 0.753. The van der Waals surface area contributed by atoms with Crippen LogP contribution in [-0.2, 0) is 17.6 Å². The minimum Gasteiger partial charge on any atom is -0.352 e. The van der Waals surface area contributed by atoms with Crippen molar-refractivity contribution in [1.82, 2.24) is 15.0 Å². The largest absolute Gasteiger partial charge is 0.352 e. The lowest BCUT2D eigenvalue weighted by Gasteiger charge is -2.25. The molecule has 1 atom stereocenters. The number of nitrogens with one attached hydrogen (secondary N) is 1. The van der Waals surface area contributed by atoms with Gasteiger partial charge in [-0.2, -0.15) is 0 Å². The summed E-state index contributed by atoms with van der Waals surface area (Å²) in [4.78, 5) is 27.0. The van der Waals surface area contributed by atoms with E-state index in [9.17, 15) is 4.79 Å². The van der Waals surface area contributed by atoms with Crippen LogP contribution in [0.2, 0.25) is 0 Å². The van der Waals surface area contributed by atoms with Crippen LogP contribution < -0.4 is 10.2 Å². The van der Waals surface area contributed by atoms with Gasteiger partial charge in [-0.05, 0) is 37.8 Å². The van der Waals surface area contributed by atoms with E-state index in [1.165, 1.54) is 6.20 Å². The van der Waals surface area contributed by atoms with Crippen LogP contribution >= 0.6 is 0 Å². The number of pyridine rings is 1. The number of fused-ring (bicyclic) bond motifs is 1. The average Bonchev–Trinajstić information content (AvgIpc) is 3.05. The minimum absolute atomic E-state index is 0.0164. The third-order valence-electron chi connectivity index (χ3n) is 4.95. The Kier molecular flexibility index (Phi) is 4.07. The molecule has 0 bridgehead atoms. The summed E-state index contributed by atoms with van der Waals surface area (Å²) in [6.45, 7) is 0.489. The van der Waals surface area contributed by atoms with Crippen molar-refractivity contribution in [3.63, 3.8) is 0 Å². The lowest BCUT2D eigenvalue weighted by atomic mass is 9.96. The van der Waals surface area contributed by atoms with Crippen LogP contribution in [0.4, 0.5) is 15.9 Å². The molecule has 25 heavy (non-hydrogen) atoms. The molecule has 1 unspecified atom stereocenters. The van der Waals surface area contributed by atoms with Crippen molar-refractivity contribution in [2.75, 3.05) is 23.3 Å². The molecule has 4 rings (SSSR count). The van der Waals surface area contributed by atoms with Gasteiger partial charge in [0.15, 0.2) is 0 Å². The summed E-state index contributed by atoms with van der Waals surface area (Å²) in [6, 6.07) is 3.40. The quantitative estimate of drug-likeness (QED) is 0.928. The Labute approximate surface area is 145 Å². The summed E-state index contributed by atoms with van der Waals surface area (Å²) in [5, 5.41) is 2.62. The first-order chi connectivity index (χ1) is 12.2. The number of aryl methyl sites for hydroxylation is 1. The summed E-state index contributed by atoms with van der Waals surface area (Å²) in [6.07, 6.45) is 8.91. The maximum Gasteiger partial charge on any atom is 0.264 e. The molecule has 1 saturated heterocycles. The van der Waals surface area contributed by atoms with E-state index in [4.69, 9.17) is 0 Å². The Balaban J connectivity index is 1.52. The predicted octanol–water partition coefficient (Wildman–Crippen LogP) is 2.31. The molecule has 1 aliphatic carbocycles. The molecule has 1 fully saturated rings. The van der Waals surface area contributed by atoms with Crippen molar-refractivity contribution >= 4 is 17.4 Å². The van der Waals surface area contributed by atoms with Crippen LogP contribution in [0.5, 0.6) is 0 Å². The van der Waals surface area contributed by atoms with Crippen molar-refractivity contribution < 1.29 is 9.18 Å². The third kappa shape index (κ3) is 3.06. The number of hydrogen-bond acceptors (Lipinski definition) is 5. The van der Waals surface area contributed by atoms with Crippen LogP contribution in [0.1, 0.15) is 30.5 Å². The van der Waals surface area contributed by atoms with Crippen molar-refractivity contribution in [3.8, 4) is 0 Å². The van der Waals surface area contributed by atoms with Crippen molar-refractivity contribution in [2.24, 2.45) is 0 Å². The third-order valence-corrected chi connectivity index (χ3v) is 4.95. The second-order valence-corrected chi connectivity index (χ2v) is 6.66. The van der Waals surface area contributed by atoms with Gasteiger partial charge in [0.05, 0.1) is 18.4 Å². The SMILES string of the molecule is O=C(Nc1cccnc1)C1(F)CCN(c2ncnc3c2CCCC3)C1. The second kappa shape index (κ2) is 6.38. The molecule has 2 aromatic rings. The number of carbonyl (C=O) groups excluding carboxylic acids is 1. The van der Waals surface area contributed by atoms with E-state index in [-0.39, 0.29) is 13.0 Å². The lowest BCUT2D eigenvalue weighted by molar-refractivity contribution is -0.126. The first kappa shape index (κ1) is 15.9. The fraction of sp³-hybridized carbons (Fsp3) is 0.444. The standard InChI is InChI=1S/C18H20FN5O/c19-18(17(25)23-13-4-3-8-20-10-13)7-9-24(11-18)16-14-5-1-2-6-15(14)21-12-22-16/h3-4,8,10,12H,1-2,5-7,9,11H2,(H,23,25). The van der Waals surface area contributed by atoms with Crippen LogP contribution in [0.25, 0.3) is 0 Å². The first-order valence-electron chi connectivity index (χ1n) is 8.64. The number of aromatic nitrogens is 3. The van der Waals surface area contributed by atoms with E-state index in [0.717, 1.165) is 42.8 Å². The summed E-state index contributed by atoms with van der Waals surface area (Å²) >= 11 is 0. The summed E-state index contributed by atoms with van der Waals surface area (Å²) < 4.78 is 15.2. The second-order valence-electron chi connectivity index (χ2n) is 6.66. The normalized spacial score (nSPS) is 22.5. The lowest BCUT2D eigenvalue weighted by Crippen LogP contribution is -2.41. The molecule has 0 radical (unpaired) electrons. The minimum atomic E-state index is -1.93. The molecule has 6 nitrogen and oxygen atoms in total. The van der Waals surface area contributed by atoms with Crippen molar-refractivity contribution in [2.45, 2.75) is 37.8 Å². The Bertz CT molecular complexity index is 784. The zero-order valence-electron chi connectivity index (χ0n) is 13.9. The Hall–Kier alpha value is -2.57. The number of amides is 1. The van der Waals surface area contributed by atoms with Gasteiger partial charge >= 0.3 is 0 Å². The van der Waals surface area contributed by atoms with Gasteiger partial charge in [0.25, 0.3) is 5.91 Å². The molecule has 3 heterocycles. The topological polar surface area (TPSA) is 71.0 Å². The molecule has 0 spiro atoms. The smallest absolute Gasteiger partial charge is 0.264 e. The molecule has 0 aromatic carbocycles. The van der Waals surface area contributed by atoms with E-state index in [0.29, 0.717) is 12.2 Å². The first-order valence-corrected chi connectivity index (χ1v) is 8.64. The Morgan fingerprint density at radius 3 is 3.00 bits per heavy atom. The van der Waals surface area contributed by atoms with Gasteiger partial charge in [0.2, 0.25) is 5.67 Å². The number of anilines is 2. The van der Waals surface area contributed by atoms with Crippen LogP contribution in [0, 0.1) is 0 Å². The van der Waals surface area contributed by atoms with Gasteiger partial charge in [-0.15, -0.1) is 0 Å². The Morgan fingerprint density at radius 1 is 1.28 bits per heavy atom. The van der Waals surface area contributed by atoms with Gasteiger partial charge in [-0.25, -0.2) is 14.4 Å². The zero-order chi connectivity index (χ0) is 17.3. The van der Waals surface area contributed by atoms with Crippen LogP contribution in [0.15, 0.2) is 30.9 Å². The molecular weight excluding hydrogens is 321 g/mol. The average molecular weight is 341 g/mol. The van der Waals surface area contributed by atoms with E-state index in [1.807, 2.05) is 4.90 Å². The number of halogens is 1. The molecule has 130 valence electrons. The van der Waals surface area contributed by atoms with Crippen molar-refractivity contribution in [3.05, 3.63) is 42.1 Å². The number of nitrogens with zero attached hydrogens (tertiary/aromatic N) is 4. The highest BCUT2D eigenvalue weighted by Crippen LogP contribution is 2.34. The molecule has 7 heteroatoms. The van der Waals surface area contributed by atoms with Gasteiger partial charge in [0.1, 0.15) is 12.1 Å². The molecule has 2 aromatic heterocycles. The van der Waals surface area contributed by atoms with E-state index in [2.05, 4.69) is 20.3 Å².